The van der Waals surface area contributed by atoms with Gasteiger partial charge in [-0.05, 0) is 57.3 Å². The molecule has 4 aliphatic rings. The highest BCUT2D eigenvalue weighted by molar-refractivity contribution is 5.90. The van der Waals surface area contributed by atoms with Gasteiger partial charge in [0.25, 0.3) is 0 Å². The predicted octanol–water partition coefficient (Wildman–Crippen LogP) is 3.43. The highest BCUT2D eigenvalue weighted by Gasteiger charge is 2.44. The molecule has 0 aliphatic heterocycles. The fraction of sp³-hybridized carbons (Fsp3) is 0.733. The summed E-state index contributed by atoms with van der Waals surface area (Å²) in [4.78, 5) is 12.4. The first-order valence-electron chi connectivity index (χ1n) is 7.44. The van der Waals surface area contributed by atoms with Crippen LogP contribution in [0, 0.1) is 5.92 Å². The third-order valence-corrected chi connectivity index (χ3v) is 5.10. The zero-order chi connectivity index (χ0) is 12.9. The first-order chi connectivity index (χ1) is 9.26. The lowest BCUT2D eigenvalue weighted by molar-refractivity contribution is -0.0754. The maximum atomic E-state index is 12.4. The lowest BCUT2D eigenvalue weighted by Crippen LogP contribution is -2.43. The quantitative estimate of drug-likeness (QED) is 0.782. The number of esters is 1. The minimum Gasteiger partial charge on any atom is -0.455 e. The van der Waals surface area contributed by atoms with Gasteiger partial charge in [0.15, 0.2) is 5.76 Å². The number of carbonyl (C=O) groups excluding carboxylic acids is 1. The third kappa shape index (κ3) is 1.97. The van der Waals surface area contributed by atoms with E-state index in [0.29, 0.717) is 11.5 Å². The van der Waals surface area contributed by atoms with Crippen molar-refractivity contribution in [2.24, 2.45) is 5.92 Å². The molecule has 5 rings (SSSR count). The van der Waals surface area contributed by atoms with Gasteiger partial charge in [-0.25, -0.2) is 4.79 Å². The van der Waals surface area contributed by atoms with Crippen molar-refractivity contribution in [3.05, 3.63) is 17.5 Å². The van der Waals surface area contributed by atoms with Gasteiger partial charge in [-0.15, -0.1) is 0 Å². The molecule has 0 N–H and O–H groups in total. The van der Waals surface area contributed by atoms with Crippen LogP contribution in [0.25, 0.3) is 0 Å². The molecule has 4 saturated carbocycles. The van der Waals surface area contributed by atoms with E-state index in [9.17, 15) is 4.79 Å². The van der Waals surface area contributed by atoms with E-state index in [2.05, 4.69) is 5.16 Å². The van der Waals surface area contributed by atoms with E-state index in [0.717, 1.165) is 43.8 Å². The van der Waals surface area contributed by atoms with Gasteiger partial charge >= 0.3 is 5.97 Å². The van der Waals surface area contributed by atoms with Gasteiger partial charge in [-0.3, -0.25) is 0 Å². The molecule has 4 aliphatic carbocycles. The number of rotatable bonds is 3. The number of hydrogen-bond acceptors (Lipinski definition) is 4. The fourth-order valence-electron chi connectivity index (χ4n) is 3.66. The van der Waals surface area contributed by atoms with Gasteiger partial charge in [0.1, 0.15) is 11.2 Å². The van der Waals surface area contributed by atoms with Gasteiger partial charge < -0.3 is 9.26 Å². The van der Waals surface area contributed by atoms with Gasteiger partial charge in [-0.2, -0.15) is 0 Å². The van der Waals surface area contributed by atoms with Crippen LogP contribution in [0.1, 0.15) is 73.4 Å². The zero-order valence-electron chi connectivity index (χ0n) is 11.1. The van der Waals surface area contributed by atoms with Crippen molar-refractivity contribution >= 4 is 5.97 Å². The second-order valence-electron chi connectivity index (χ2n) is 6.43. The Morgan fingerprint density at radius 1 is 1.21 bits per heavy atom. The van der Waals surface area contributed by atoms with Crippen molar-refractivity contribution in [3.8, 4) is 0 Å². The second-order valence-corrected chi connectivity index (χ2v) is 6.43. The molecule has 1 aromatic heterocycles. The molecule has 0 unspecified atom stereocenters. The molecule has 1 aromatic rings. The van der Waals surface area contributed by atoms with E-state index >= 15 is 0 Å². The molecule has 0 saturated heterocycles. The number of nitrogens with zero attached hydrogens (tertiary/aromatic N) is 1. The molecular formula is C15H19NO3. The summed E-state index contributed by atoms with van der Waals surface area (Å²) in [6.07, 6.45) is 10.5. The molecule has 0 spiro atoms. The van der Waals surface area contributed by atoms with Crippen LogP contribution in [0.4, 0.5) is 0 Å². The van der Waals surface area contributed by atoms with Crippen LogP contribution in [0.3, 0.4) is 0 Å². The molecule has 102 valence electrons. The van der Waals surface area contributed by atoms with E-state index in [4.69, 9.17) is 9.26 Å². The van der Waals surface area contributed by atoms with E-state index in [1.807, 2.05) is 0 Å². The largest absolute Gasteiger partial charge is 0.455 e. The summed E-state index contributed by atoms with van der Waals surface area (Å²) in [6, 6.07) is 0. The summed E-state index contributed by atoms with van der Waals surface area (Å²) < 4.78 is 11.1. The number of carbonyl (C=O) groups is 1. The highest BCUT2D eigenvalue weighted by Crippen LogP contribution is 2.47. The second kappa shape index (κ2) is 4.09. The van der Waals surface area contributed by atoms with Crippen molar-refractivity contribution in [2.45, 2.75) is 62.9 Å². The molecule has 0 amide bonds. The number of hydrogen-bond donors (Lipinski definition) is 0. The van der Waals surface area contributed by atoms with Crippen LogP contribution < -0.4 is 0 Å². The van der Waals surface area contributed by atoms with Crippen molar-refractivity contribution < 1.29 is 14.1 Å². The maximum Gasteiger partial charge on any atom is 0.343 e. The molecule has 0 atom stereocenters. The van der Waals surface area contributed by atoms with Crippen molar-refractivity contribution in [1.29, 1.82) is 0 Å². The average Bonchev–Trinajstić information content (AvgIpc) is 3.17. The summed E-state index contributed by atoms with van der Waals surface area (Å²) in [7, 11) is 0. The van der Waals surface area contributed by atoms with Gasteiger partial charge in [0, 0.05) is 5.92 Å². The molecule has 2 bridgehead atoms. The first-order valence-corrected chi connectivity index (χ1v) is 7.44. The number of fused-ring (bicyclic) bond motifs is 3. The molecule has 4 nitrogen and oxygen atoms in total. The number of ether oxygens (including phenoxy) is 1. The van der Waals surface area contributed by atoms with Gasteiger partial charge in [0.05, 0.1) is 6.20 Å². The molecule has 4 fully saturated rings. The lowest BCUT2D eigenvalue weighted by Gasteiger charge is -2.45. The summed E-state index contributed by atoms with van der Waals surface area (Å²) in [5, 5.41) is 3.78. The Hall–Kier alpha value is -1.32. The summed E-state index contributed by atoms with van der Waals surface area (Å²) >= 11 is 0. The Balaban J connectivity index is 1.52. The van der Waals surface area contributed by atoms with Crippen LogP contribution in [-0.4, -0.2) is 16.7 Å². The average molecular weight is 261 g/mol. The lowest BCUT2D eigenvalue weighted by atomic mass is 9.68. The van der Waals surface area contributed by atoms with Crippen LogP contribution >= 0.6 is 0 Å². The van der Waals surface area contributed by atoms with Crippen molar-refractivity contribution in [3.63, 3.8) is 0 Å². The molecule has 19 heavy (non-hydrogen) atoms. The topological polar surface area (TPSA) is 52.3 Å². The Labute approximate surface area is 112 Å². The molecule has 0 radical (unpaired) electrons. The van der Waals surface area contributed by atoms with Crippen LogP contribution in [-0.2, 0) is 4.74 Å². The summed E-state index contributed by atoms with van der Waals surface area (Å²) in [5.41, 5.74) is 0.369. The Kier molecular flexibility index (Phi) is 2.47. The van der Waals surface area contributed by atoms with Gasteiger partial charge in [-0.1, -0.05) is 5.16 Å². The molecule has 0 aromatic carbocycles. The van der Waals surface area contributed by atoms with Crippen LogP contribution in [0.2, 0.25) is 0 Å². The summed E-state index contributed by atoms with van der Waals surface area (Å²) in [6.45, 7) is 0. The molecule has 1 heterocycles. The van der Waals surface area contributed by atoms with E-state index < -0.39 is 0 Å². The van der Waals surface area contributed by atoms with E-state index in [-0.39, 0.29) is 11.6 Å². The standard InChI is InChI=1S/C15H19NO3/c17-14(12-9-16-19-13(12)11-1-2-11)18-15-6-3-10(4-7-15)5-8-15/h9-11H,1-8H2. The minimum atomic E-state index is -0.219. The minimum absolute atomic E-state index is 0.191. The fourth-order valence-corrected chi connectivity index (χ4v) is 3.66. The molecular weight excluding hydrogens is 242 g/mol. The normalized spacial score (nSPS) is 33.4. The monoisotopic (exact) mass is 261 g/mol. The molecule has 4 heteroatoms. The predicted molar refractivity (Wildman–Crippen MR) is 67.8 cm³/mol. The van der Waals surface area contributed by atoms with E-state index in [1.54, 1.807) is 0 Å². The Morgan fingerprint density at radius 2 is 1.89 bits per heavy atom. The van der Waals surface area contributed by atoms with Crippen molar-refractivity contribution in [2.75, 3.05) is 0 Å². The smallest absolute Gasteiger partial charge is 0.343 e. The van der Waals surface area contributed by atoms with Crippen molar-refractivity contribution in [1.82, 2.24) is 5.16 Å². The third-order valence-electron chi connectivity index (χ3n) is 5.10. The zero-order valence-corrected chi connectivity index (χ0v) is 11.1. The maximum absolute atomic E-state index is 12.4. The van der Waals surface area contributed by atoms with Crippen LogP contribution in [0.5, 0.6) is 0 Å². The SMILES string of the molecule is O=C(OC12CCC(CC1)CC2)c1cnoc1C1CC1. The van der Waals surface area contributed by atoms with Gasteiger partial charge in [0.2, 0.25) is 0 Å². The van der Waals surface area contributed by atoms with Crippen LogP contribution in [0.15, 0.2) is 10.7 Å². The first kappa shape index (κ1) is 11.5. The van der Waals surface area contributed by atoms with E-state index in [1.165, 1.54) is 25.5 Å². The number of aromatic nitrogens is 1. The summed E-state index contributed by atoms with van der Waals surface area (Å²) in [5.74, 6) is 1.79. The Bertz CT molecular complexity index is 481. The highest BCUT2D eigenvalue weighted by atomic mass is 16.6. The Morgan fingerprint density at radius 3 is 2.53 bits per heavy atom.